The highest BCUT2D eigenvalue weighted by Gasteiger charge is 2.38. The first-order valence-corrected chi connectivity index (χ1v) is 11.4. The standard InChI is InChI=1S/C25H25ClN4O3/c26-21-15-19(8-9-20(21)18-5-2-1-3-6-18)23(31)28-13-10-25(33,11-14-28)16-29-17-27-30-12-4-7-22(30)24(29)32/h1-9,12,15,27,33H,10-11,13-14,16-17H2. The van der Waals surface area contributed by atoms with Crippen LogP contribution >= 0.6 is 11.6 Å². The summed E-state index contributed by atoms with van der Waals surface area (Å²) in [7, 11) is 0. The Kier molecular flexibility index (Phi) is 5.60. The molecule has 0 radical (unpaired) electrons. The van der Waals surface area contributed by atoms with Crippen molar-refractivity contribution in [2.45, 2.75) is 18.4 Å². The predicted molar refractivity (Wildman–Crippen MR) is 127 cm³/mol. The van der Waals surface area contributed by atoms with Gasteiger partial charge in [-0.3, -0.25) is 14.3 Å². The van der Waals surface area contributed by atoms with Gasteiger partial charge in [-0.1, -0.05) is 48.0 Å². The Morgan fingerprint density at radius 3 is 2.55 bits per heavy atom. The summed E-state index contributed by atoms with van der Waals surface area (Å²) in [5.74, 6) is -0.217. The summed E-state index contributed by atoms with van der Waals surface area (Å²) < 4.78 is 1.69. The lowest BCUT2D eigenvalue weighted by Gasteiger charge is -2.42. The number of aliphatic hydroxyl groups is 1. The van der Waals surface area contributed by atoms with E-state index in [0.717, 1.165) is 11.1 Å². The number of halogens is 1. The molecule has 1 saturated heterocycles. The molecule has 0 atom stereocenters. The first-order valence-electron chi connectivity index (χ1n) is 11.0. The molecule has 0 spiro atoms. The molecule has 7 nitrogen and oxygen atoms in total. The maximum Gasteiger partial charge on any atom is 0.273 e. The number of carbonyl (C=O) groups is 2. The minimum atomic E-state index is -1.03. The summed E-state index contributed by atoms with van der Waals surface area (Å²) in [5, 5.41) is 11.7. The largest absolute Gasteiger partial charge is 0.388 e. The molecule has 1 fully saturated rings. The maximum atomic E-state index is 13.1. The molecule has 0 aliphatic carbocycles. The van der Waals surface area contributed by atoms with Crippen LogP contribution in [0.2, 0.25) is 5.02 Å². The highest BCUT2D eigenvalue weighted by atomic mass is 35.5. The van der Waals surface area contributed by atoms with Gasteiger partial charge in [0.2, 0.25) is 0 Å². The van der Waals surface area contributed by atoms with Gasteiger partial charge < -0.3 is 20.3 Å². The quantitative estimate of drug-likeness (QED) is 0.620. The minimum Gasteiger partial charge on any atom is -0.388 e. The van der Waals surface area contributed by atoms with Crippen molar-refractivity contribution >= 4 is 23.4 Å². The van der Waals surface area contributed by atoms with Crippen LogP contribution in [0.1, 0.15) is 33.7 Å². The van der Waals surface area contributed by atoms with Crippen LogP contribution in [-0.4, -0.2) is 63.3 Å². The number of aromatic nitrogens is 1. The number of hydrogen-bond acceptors (Lipinski definition) is 4. The smallest absolute Gasteiger partial charge is 0.273 e. The molecule has 0 saturated carbocycles. The zero-order chi connectivity index (χ0) is 23.0. The summed E-state index contributed by atoms with van der Waals surface area (Å²) in [6.45, 7) is 1.39. The average molecular weight is 465 g/mol. The third kappa shape index (κ3) is 4.21. The highest BCUT2D eigenvalue weighted by molar-refractivity contribution is 6.33. The van der Waals surface area contributed by atoms with Crippen LogP contribution in [0.25, 0.3) is 11.1 Å². The second-order valence-corrected chi connectivity index (χ2v) is 9.07. The van der Waals surface area contributed by atoms with Crippen LogP contribution < -0.4 is 5.43 Å². The van der Waals surface area contributed by atoms with Gasteiger partial charge in [-0.15, -0.1) is 0 Å². The third-order valence-corrected chi connectivity index (χ3v) is 6.77. The molecule has 0 unspecified atom stereocenters. The van der Waals surface area contributed by atoms with Crippen LogP contribution in [0.3, 0.4) is 0 Å². The van der Waals surface area contributed by atoms with Gasteiger partial charge in [0.05, 0.1) is 12.1 Å². The number of likely N-dealkylation sites (tertiary alicyclic amines) is 1. The number of piperidine rings is 1. The predicted octanol–water partition coefficient (Wildman–Crippen LogP) is 3.43. The van der Waals surface area contributed by atoms with E-state index in [1.165, 1.54) is 0 Å². The molecule has 5 rings (SSSR count). The second kappa shape index (κ2) is 8.57. The molecule has 2 aliphatic rings. The average Bonchev–Trinajstić information content (AvgIpc) is 3.31. The van der Waals surface area contributed by atoms with E-state index in [1.54, 1.807) is 44.9 Å². The van der Waals surface area contributed by atoms with E-state index < -0.39 is 5.60 Å². The summed E-state index contributed by atoms with van der Waals surface area (Å²) in [6, 6.07) is 18.7. The molecule has 3 aromatic rings. The topological polar surface area (TPSA) is 77.8 Å². The molecule has 2 amide bonds. The van der Waals surface area contributed by atoms with Gasteiger partial charge in [-0.05, 0) is 42.7 Å². The van der Waals surface area contributed by atoms with Crippen molar-refractivity contribution in [2.24, 2.45) is 0 Å². The van der Waals surface area contributed by atoms with Crippen molar-refractivity contribution in [2.75, 3.05) is 31.7 Å². The van der Waals surface area contributed by atoms with Crippen molar-refractivity contribution < 1.29 is 14.7 Å². The molecule has 2 aromatic carbocycles. The Balaban J connectivity index is 1.22. The molecule has 170 valence electrons. The van der Waals surface area contributed by atoms with Crippen molar-refractivity contribution in [1.29, 1.82) is 0 Å². The number of β-amino-alcohol motifs (C(OH)–C–C–N with tert-alkyl or cyclic N) is 1. The van der Waals surface area contributed by atoms with E-state index in [2.05, 4.69) is 5.43 Å². The lowest BCUT2D eigenvalue weighted by molar-refractivity contribution is -0.0369. The SMILES string of the molecule is O=C(c1ccc(-c2ccccc2)c(Cl)c1)N1CCC(O)(CN2CNn3cccc3C2=O)CC1. The minimum absolute atomic E-state index is 0.105. The number of nitrogens with one attached hydrogen (secondary N) is 1. The molecule has 1 aromatic heterocycles. The van der Waals surface area contributed by atoms with Gasteiger partial charge in [0.25, 0.3) is 11.8 Å². The number of fused-ring (bicyclic) bond motifs is 1. The first kappa shape index (κ1) is 21.6. The van der Waals surface area contributed by atoms with E-state index in [9.17, 15) is 14.7 Å². The second-order valence-electron chi connectivity index (χ2n) is 8.66. The molecular weight excluding hydrogens is 440 g/mol. The monoisotopic (exact) mass is 464 g/mol. The molecular formula is C25H25ClN4O3. The van der Waals surface area contributed by atoms with Gasteiger partial charge in [-0.25, -0.2) is 0 Å². The normalized spacial score (nSPS) is 17.5. The van der Waals surface area contributed by atoms with Gasteiger partial charge >= 0.3 is 0 Å². The maximum absolute atomic E-state index is 13.1. The highest BCUT2D eigenvalue weighted by Crippen LogP contribution is 2.30. The summed E-state index contributed by atoms with van der Waals surface area (Å²) in [5.41, 5.74) is 5.06. The van der Waals surface area contributed by atoms with Gasteiger partial charge in [-0.2, -0.15) is 0 Å². The summed E-state index contributed by atoms with van der Waals surface area (Å²) >= 11 is 6.49. The van der Waals surface area contributed by atoms with E-state index >= 15 is 0 Å². The van der Waals surface area contributed by atoms with Crippen molar-refractivity contribution in [3.8, 4) is 11.1 Å². The fourth-order valence-electron chi connectivity index (χ4n) is 4.54. The van der Waals surface area contributed by atoms with Gasteiger partial charge in [0.15, 0.2) is 0 Å². The number of hydrogen-bond donors (Lipinski definition) is 2. The number of rotatable bonds is 4. The molecule has 0 bridgehead atoms. The summed E-state index contributed by atoms with van der Waals surface area (Å²) in [6.07, 6.45) is 2.60. The molecule has 33 heavy (non-hydrogen) atoms. The Bertz CT molecular complexity index is 1190. The van der Waals surface area contributed by atoms with Gasteiger partial charge in [0.1, 0.15) is 12.4 Å². The lowest BCUT2D eigenvalue weighted by Crippen LogP contribution is -2.56. The van der Waals surface area contributed by atoms with E-state index in [-0.39, 0.29) is 18.4 Å². The van der Waals surface area contributed by atoms with Crippen molar-refractivity contribution in [1.82, 2.24) is 14.5 Å². The van der Waals surface area contributed by atoms with Crippen LogP contribution in [0.15, 0.2) is 66.9 Å². The fourth-order valence-corrected chi connectivity index (χ4v) is 4.83. The number of nitrogens with zero attached hydrogens (tertiary/aromatic N) is 3. The van der Waals surface area contributed by atoms with Crippen LogP contribution in [-0.2, 0) is 0 Å². The zero-order valence-corrected chi connectivity index (χ0v) is 18.8. The lowest BCUT2D eigenvalue weighted by atomic mass is 9.90. The Morgan fingerprint density at radius 1 is 1.06 bits per heavy atom. The van der Waals surface area contributed by atoms with E-state index in [1.807, 2.05) is 36.4 Å². The Morgan fingerprint density at radius 2 is 1.82 bits per heavy atom. The van der Waals surface area contributed by atoms with Crippen LogP contribution in [0.5, 0.6) is 0 Å². The Hall–Kier alpha value is -3.29. The molecule has 8 heteroatoms. The molecule has 2 aliphatic heterocycles. The van der Waals surface area contributed by atoms with Crippen LogP contribution in [0, 0.1) is 0 Å². The summed E-state index contributed by atoms with van der Waals surface area (Å²) in [4.78, 5) is 29.1. The molecule has 3 heterocycles. The first-order chi connectivity index (χ1) is 15.9. The Labute approximate surface area is 197 Å². The third-order valence-electron chi connectivity index (χ3n) is 6.45. The van der Waals surface area contributed by atoms with E-state index in [0.29, 0.717) is 48.9 Å². The number of amides is 2. The number of benzene rings is 2. The van der Waals surface area contributed by atoms with Crippen LogP contribution in [0.4, 0.5) is 0 Å². The number of carbonyl (C=O) groups excluding carboxylic acids is 2. The van der Waals surface area contributed by atoms with E-state index in [4.69, 9.17) is 11.6 Å². The zero-order valence-electron chi connectivity index (χ0n) is 18.1. The van der Waals surface area contributed by atoms with Crippen molar-refractivity contribution in [3.05, 3.63) is 83.1 Å². The van der Waals surface area contributed by atoms with Gasteiger partial charge in [0, 0.05) is 35.4 Å². The van der Waals surface area contributed by atoms with Crippen molar-refractivity contribution in [3.63, 3.8) is 0 Å². The fraction of sp³-hybridized carbons (Fsp3) is 0.280. The molecule has 2 N–H and O–H groups in total.